The Hall–Kier alpha value is -1.62. The number of nitrogens with zero attached hydrogens (tertiary/aromatic N) is 1. The van der Waals surface area contributed by atoms with Gasteiger partial charge in [-0.05, 0) is 32.3 Å². The van der Waals surface area contributed by atoms with Gasteiger partial charge in [0.1, 0.15) is 6.54 Å². The van der Waals surface area contributed by atoms with Crippen LogP contribution in [-0.2, 0) is 16.1 Å². The predicted molar refractivity (Wildman–Crippen MR) is 88.2 cm³/mol. The van der Waals surface area contributed by atoms with E-state index in [0.717, 1.165) is 25.9 Å². The summed E-state index contributed by atoms with van der Waals surface area (Å²) in [6.07, 6.45) is 8.80. The lowest BCUT2D eigenvalue weighted by Gasteiger charge is -2.57. The fourth-order valence-electron chi connectivity index (χ4n) is 4.25. The predicted octanol–water partition coefficient (Wildman–Crippen LogP) is 2.09. The van der Waals surface area contributed by atoms with Crippen molar-refractivity contribution in [3.63, 3.8) is 0 Å². The van der Waals surface area contributed by atoms with E-state index < -0.39 is 0 Å². The average molecular weight is 318 g/mol. The van der Waals surface area contributed by atoms with Crippen LogP contribution < -0.4 is 10.9 Å². The number of aromatic nitrogens is 1. The van der Waals surface area contributed by atoms with Crippen LogP contribution in [0.5, 0.6) is 0 Å². The van der Waals surface area contributed by atoms with Gasteiger partial charge in [-0.1, -0.05) is 25.3 Å². The molecule has 2 atom stereocenters. The molecule has 0 aromatic carbocycles. The summed E-state index contributed by atoms with van der Waals surface area (Å²) in [4.78, 5) is 24.1. The summed E-state index contributed by atoms with van der Waals surface area (Å²) in [5.74, 6) is -0.0804. The maximum Gasteiger partial charge on any atom is 0.250 e. The van der Waals surface area contributed by atoms with Crippen LogP contribution in [0.15, 0.2) is 29.2 Å². The number of carbonyl (C=O) groups is 1. The van der Waals surface area contributed by atoms with Crippen LogP contribution in [0.1, 0.15) is 45.4 Å². The second-order valence-electron chi connectivity index (χ2n) is 6.76. The largest absolute Gasteiger partial charge is 0.378 e. The molecule has 2 aliphatic carbocycles. The zero-order chi connectivity index (χ0) is 16.3. The van der Waals surface area contributed by atoms with Gasteiger partial charge in [-0.15, -0.1) is 0 Å². The average Bonchev–Trinajstić information content (AvgIpc) is 2.57. The minimum atomic E-state index is -0.143. The smallest absolute Gasteiger partial charge is 0.250 e. The summed E-state index contributed by atoms with van der Waals surface area (Å²) in [5, 5.41) is 3.16. The van der Waals surface area contributed by atoms with Gasteiger partial charge in [0.05, 0.1) is 6.10 Å². The van der Waals surface area contributed by atoms with Crippen LogP contribution in [0.4, 0.5) is 0 Å². The van der Waals surface area contributed by atoms with Crippen molar-refractivity contribution in [2.75, 3.05) is 6.61 Å². The Balaban J connectivity index is 1.64. The topological polar surface area (TPSA) is 60.3 Å². The maximum atomic E-state index is 12.3. The molecule has 0 bridgehead atoms. The number of nitrogens with one attached hydrogen (secondary N) is 1. The van der Waals surface area contributed by atoms with E-state index in [-0.39, 0.29) is 35.6 Å². The molecule has 23 heavy (non-hydrogen) atoms. The summed E-state index contributed by atoms with van der Waals surface area (Å²) in [6, 6.07) is 5.12. The van der Waals surface area contributed by atoms with E-state index >= 15 is 0 Å². The quantitative estimate of drug-likeness (QED) is 0.904. The molecule has 126 valence electrons. The Kier molecular flexibility index (Phi) is 4.85. The summed E-state index contributed by atoms with van der Waals surface area (Å²) in [7, 11) is 0. The normalized spacial score (nSPS) is 25.8. The van der Waals surface area contributed by atoms with Crippen LogP contribution >= 0.6 is 0 Å². The molecule has 5 heteroatoms. The molecule has 1 aromatic rings. The number of hydrogen-bond donors (Lipinski definition) is 1. The van der Waals surface area contributed by atoms with Gasteiger partial charge >= 0.3 is 0 Å². The van der Waals surface area contributed by atoms with Crippen molar-refractivity contribution in [2.24, 2.45) is 5.41 Å². The molecule has 5 nitrogen and oxygen atoms in total. The molecule has 0 saturated heterocycles. The van der Waals surface area contributed by atoms with Gasteiger partial charge in [-0.2, -0.15) is 0 Å². The van der Waals surface area contributed by atoms with Crippen molar-refractivity contribution in [1.82, 2.24) is 9.88 Å². The van der Waals surface area contributed by atoms with Gasteiger partial charge in [-0.3, -0.25) is 9.59 Å². The minimum Gasteiger partial charge on any atom is -0.378 e. The highest BCUT2D eigenvalue weighted by Gasteiger charge is 2.56. The number of amides is 1. The maximum absolute atomic E-state index is 12.3. The molecule has 2 unspecified atom stereocenters. The van der Waals surface area contributed by atoms with Crippen molar-refractivity contribution in [2.45, 2.75) is 64.1 Å². The summed E-state index contributed by atoms with van der Waals surface area (Å²) >= 11 is 0. The van der Waals surface area contributed by atoms with Gasteiger partial charge in [0.2, 0.25) is 5.91 Å². The summed E-state index contributed by atoms with van der Waals surface area (Å²) in [6.45, 7) is 2.85. The van der Waals surface area contributed by atoms with Crippen LogP contribution in [0.25, 0.3) is 0 Å². The van der Waals surface area contributed by atoms with E-state index in [9.17, 15) is 9.59 Å². The molecule has 3 rings (SSSR count). The number of hydrogen-bond acceptors (Lipinski definition) is 3. The molecule has 2 saturated carbocycles. The first kappa shape index (κ1) is 16.2. The van der Waals surface area contributed by atoms with E-state index in [1.165, 1.54) is 29.9 Å². The van der Waals surface area contributed by atoms with E-state index in [4.69, 9.17) is 4.74 Å². The Morgan fingerprint density at radius 3 is 2.83 bits per heavy atom. The first-order chi connectivity index (χ1) is 11.2. The third-order valence-corrected chi connectivity index (χ3v) is 5.49. The molecular formula is C18H26N2O3. The van der Waals surface area contributed by atoms with Gasteiger partial charge < -0.3 is 14.6 Å². The highest BCUT2D eigenvalue weighted by Crippen LogP contribution is 2.53. The molecule has 1 aromatic heterocycles. The highest BCUT2D eigenvalue weighted by atomic mass is 16.5. The van der Waals surface area contributed by atoms with Crippen LogP contribution in [0, 0.1) is 5.41 Å². The molecule has 2 aliphatic rings. The molecule has 0 radical (unpaired) electrons. The van der Waals surface area contributed by atoms with Crippen molar-refractivity contribution in [3.8, 4) is 0 Å². The molecule has 1 N–H and O–H groups in total. The van der Waals surface area contributed by atoms with Gasteiger partial charge in [-0.25, -0.2) is 0 Å². The third kappa shape index (κ3) is 3.20. The fourth-order valence-corrected chi connectivity index (χ4v) is 4.25. The van der Waals surface area contributed by atoms with Gasteiger partial charge in [0, 0.05) is 30.3 Å². The summed E-state index contributed by atoms with van der Waals surface area (Å²) < 4.78 is 7.36. The van der Waals surface area contributed by atoms with Crippen LogP contribution in [0.3, 0.4) is 0 Å². The van der Waals surface area contributed by atoms with Crippen LogP contribution in [0.2, 0.25) is 0 Å². The second-order valence-corrected chi connectivity index (χ2v) is 6.76. The zero-order valence-corrected chi connectivity index (χ0v) is 13.8. The molecule has 2 fully saturated rings. The lowest BCUT2D eigenvalue weighted by atomic mass is 9.55. The van der Waals surface area contributed by atoms with E-state index in [2.05, 4.69) is 5.32 Å². The molecular weight excluding hydrogens is 292 g/mol. The van der Waals surface area contributed by atoms with Crippen molar-refractivity contribution < 1.29 is 9.53 Å². The van der Waals surface area contributed by atoms with Gasteiger partial charge in [0.15, 0.2) is 0 Å². The number of ether oxygens (including phenoxy) is 1. The fraction of sp³-hybridized carbons (Fsp3) is 0.667. The van der Waals surface area contributed by atoms with E-state index in [0.29, 0.717) is 0 Å². The number of carbonyl (C=O) groups excluding carboxylic acids is 1. The van der Waals surface area contributed by atoms with Crippen molar-refractivity contribution in [3.05, 3.63) is 34.7 Å². The molecule has 1 amide bonds. The van der Waals surface area contributed by atoms with Crippen molar-refractivity contribution in [1.29, 1.82) is 0 Å². The number of pyridine rings is 1. The Bertz CT molecular complexity index is 604. The standard InChI is InChI=1S/C18H26N2O3/c1-2-23-15-12-14(18(15)9-5-3-6-10-18)19-16(21)13-20-11-7-4-8-17(20)22/h4,7-8,11,14-15H,2-3,5-6,9-10,12-13H2,1H3,(H,19,21). The SMILES string of the molecule is CCOC1CC(NC(=O)Cn2ccccc2=O)C12CCCCC2. The summed E-state index contributed by atoms with van der Waals surface area (Å²) in [5.41, 5.74) is -0.0261. The first-order valence-electron chi connectivity index (χ1n) is 8.72. The van der Waals surface area contributed by atoms with E-state index in [1.54, 1.807) is 18.3 Å². The third-order valence-electron chi connectivity index (χ3n) is 5.49. The minimum absolute atomic E-state index is 0.0804. The molecule has 1 heterocycles. The number of rotatable bonds is 5. The Labute approximate surface area is 137 Å². The Morgan fingerprint density at radius 1 is 1.35 bits per heavy atom. The monoisotopic (exact) mass is 318 g/mol. The Morgan fingerprint density at radius 2 is 2.13 bits per heavy atom. The van der Waals surface area contributed by atoms with Crippen molar-refractivity contribution >= 4 is 5.91 Å². The lowest BCUT2D eigenvalue weighted by molar-refractivity contribution is -0.157. The molecule has 0 aliphatic heterocycles. The zero-order valence-electron chi connectivity index (χ0n) is 13.8. The first-order valence-corrected chi connectivity index (χ1v) is 8.72. The highest BCUT2D eigenvalue weighted by molar-refractivity contribution is 5.76. The van der Waals surface area contributed by atoms with E-state index in [1.807, 2.05) is 6.92 Å². The van der Waals surface area contributed by atoms with Gasteiger partial charge in [0.25, 0.3) is 5.56 Å². The lowest BCUT2D eigenvalue weighted by Crippen LogP contribution is -2.65. The van der Waals surface area contributed by atoms with Crippen LogP contribution in [-0.4, -0.2) is 29.2 Å². The molecule has 1 spiro atoms. The second kappa shape index (κ2) is 6.87.